The van der Waals surface area contributed by atoms with Gasteiger partial charge in [-0.05, 0) is 39.0 Å². The Hall–Kier alpha value is -2.22. The molecule has 1 aliphatic rings. The Kier molecular flexibility index (Phi) is 4.37. The van der Waals surface area contributed by atoms with Crippen molar-refractivity contribution >= 4 is 6.09 Å². The van der Waals surface area contributed by atoms with Crippen LogP contribution in [0.4, 0.5) is 4.79 Å². The van der Waals surface area contributed by atoms with E-state index in [4.69, 9.17) is 14.7 Å². The van der Waals surface area contributed by atoms with Crippen LogP contribution in [-0.4, -0.2) is 35.8 Å². The van der Waals surface area contributed by atoms with E-state index in [1.165, 1.54) is 0 Å². The van der Waals surface area contributed by atoms with Crippen molar-refractivity contribution in [3.8, 4) is 11.8 Å². The van der Waals surface area contributed by atoms with E-state index in [-0.39, 0.29) is 12.2 Å². The van der Waals surface area contributed by atoms with Crippen molar-refractivity contribution in [1.29, 1.82) is 5.26 Å². The van der Waals surface area contributed by atoms with Gasteiger partial charge in [-0.15, -0.1) is 0 Å². The Morgan fingerprint density at radius 1 is 1.43 bits per heavy atom. The average molecular weight is 288 g/mol. The maximum absolute atomic E-state index is 12.0. The third kappa shape index (κ3) is 4.38. The molecule has 0 radical (unpaired) electrons. The number of nitrogens with zero attached hydrogens (tertiary/aromatic N) is 2. The summed E-state index contributed by atoms with van der Waals surface area (Å²) in [6.45, 7) is 6.68. The predicted molar refractivity (Wildman–Crippen MR) is 78.0 cm³/mol. The van der Waals surface area contributed by atoms with Crippen LogP contribution in [0.1, 0.15) is 32.8 Å². The quantitative estimate of drug-likeness (QED) is 0.839. The van der Waals surface area contributed by atoms with E-state index in [2.05, 4.69) is 6.07 Å². The Morgan fingerprint density at radius 3 is 2.86 bits per heavy atom. The first-order chi connectivity index (χ1) is 9.87. The van der Waals surface area contributed by atoms with Crippen LogP contribution in [0.25, 0.3) is 0 Å². The zero-order valence-corrected chi connectivity index (χ0v) is 12.6. The van der Waals surface area contributed by atoms with E-state index >= 15 is 0 Å². The molecule has 5 heteroatoms. The van der Waals surface area contributed by atoms with Crippen molar-refractivity contribution in [3.05, 3.63) is 29.8 Å². The fraction of sp³-hybridized carbons (Fsp3) is 0.500. The second kappa shape index (κ2) is 6.04. The summed E-state index contributed by atoms with van der Waals surface area (Å²) < 4.78 is 11.2. The monoisotopic (exact) mass is 288 g/mol. The molecule has 1 aliphatic heterocycles. The molecule has 21 heavy (non-hydrogen) atoms. The van der Waals surface area contributed by atoms with Crippen molar-refractivity contribution < 1.29 is 14.3 Å². The van der Waals surface area contributed by atoms with Crippen molar-refractivity contribution in [3.63, 3.8) is 0 Å². The summed E-state index contributed by atoms with van der Waals surface area (Å²) in [5.41, 5.74) is 0.0754. The van der Waals surface area contributed by atoms with Gasteiger partial charge in [0.1, 0.15) is 17.5 Å². The lowest BCUT2D eigenvalue weighted by molar-refractivity contribution is 0.0275. The van der Waals surface area contributed by atoms with E-state index in [0.717, 1.165) is 6.42 Å². The summed E-state index contributed by atoms with van der Waals surface area (Å²) in [4.78, 5) is 13.6. The first-order valence-electron chi connectivity index (χ1n) is 7.02. The number of carbonyl (C=O) groups is 1. The highest BCUT2D eigenvalue weighted by Crippen LogP contribution is 2.21. The van der Waals surface area contributed by atoms with E-state index in [1.54, 1.807) is 23.1 Å². The number of benzene rings is 1. The second-order valence-electron chi connectivity index (χ2n) is 6.09. The molecule has 1 aromatic rings. The lowest BCUT2D eigenvalue weighted by atomic mass is 10.2. The Balaban J connectivity index is 1.91. The fourth-order valence-corrected chi connectivity index (χ4v) is 2.15. The maximum Gasteiger partial charge on any atom is 0.410 e. The van der Waals surface area contributed by atoms with Gasteiger partial charge in [-0.25, -0.2) is 4.79 Å². The van der Waals surface area contributed by atoms with Crippen LogP contribution in [0.15, 0.2) is 24.3 Å². The second-order valence-corrected chi connectivity index (χ2v) is 6.09. The van der Waals surface area contributed by atoms with E-state index in [0.29, 0.717) is 24.4 Å². The minimum atomic E-state index is -0.489. The van der Waals surface area contributed by atoms with Crippen molar-refractivity contribution in [2.75, 3.05) is 13.1 Å². The Bertz CT molecular complexity index is 557. The molecular formula is C16H20N2O3. The molecule has 1 amide bonds. The molecule has 0 N–H and O–H groups in total. The summed E-state index contributed by atoms with van der Waals surface area (Å²) in [5.74, 6) is 0.657. The number of carbonyl (C=O) groups excluding carboxylic acids is 1. The number of hydrogen-bond donors (Lipinski definition) is 0. The molecule has 0 aliphatic carbocycles. The number of likely N-dealkylation sites (tertiary alicyclic amines) is 1. The molecule has 0 unspecified atom stereocenters. The summed E-state index contributed by atoms with van der Waals surface area (Å²) in [6, 6.07) is 9.12. The van der Waals surface area contributed by atoms with Crippen LogP contribution >= 0.6 is 0 Å². The number of nitriles is 1. The van der Waals surface area contributed by atoms with Gasteiger partial charge in [-0.1, -0.05) is 6.07 Å². The number of rotatable bonds is 2. The van der Waals surface area contributed by atoms with Crippen molar-refractivity contribution in [2.24, 2.45) is 0 Å². The zero-order chi connectivity index (χ0) is 15.5. The van der Waals surface area contributed by atoms with Crippen LogP contribution in [0, 0.1) is 11.3 Å². The Morgan fingerprint density at radius 2 is 2.19 bits per heavy atom. The molecule has 2 rings (SSSR count). The fourth-order valence-electron chi connectivity index (χ4n) is 2.15. The summed E-state index contributed by atoms with van der Waals surface area (Å²) in [5, 5.41) is 8.87. The first-order valence-corrected chi connectivity index (χ1v) is 7.02. The van der Waals surface area contributed by atoms with Gasteiger partial charge in [0.05, 0.1) is 18.2 Å². The lowest BCUT2D eigenvalue weighted by Crippen LogP contribution is -2.36. The molecule has 112 valence electrons. The summed E-state index contributed by atoms with van der Waals surface area (Å²) in [7, 11) is 0. The Labute approximate surface area is 125 Å². The van der Waals surface area contributed by atoms with Gasteiger partial charge >= 0.3 is 6.09 Å². The molecule has 1 atom stereocenters. The average Bonchev–Trinajstić information content (AvgIpc) is 2.85. The molecule has 1 heterocycles. The minimum absolute atomic E-state index is 0.0635. The molecule has 0 saturated carbocycles. The minimum Gasteiger partial charge on any atom is -0.488 e. The molecule has 1 fully saturated rings. The largest absolute Gasteiger partial charge is 0.488 e. The van der Waals surface area contributed by atoms with Gasteiger partial charge in [-0.3, -0.25) is 0 Å². The SMILES string of the molecule is CC(C)(C)OC(=O)N1CC[C@H](Oc2cccc(C#N)c2)C1. The third-order valence-electron chi connectivity index (χ3n) is 3.06. The van der Waals surface area contributed by atoms with Crippen LogP contribution < -0.4 is 4.74 Å². The number of amides is 1. The maximum atomic E-state index is 12.0. The topological polar surface area (TPSA) is 62.6 Å². The molecule has 0 spiro atoms. The van der Waals surface area contributed by atoms with Crippen LogP contribution in [0.5, 0.6) is 5.75 Å². The smallest absolute Gasteiger partial charge is 0.410 e. The van der Waals surface area contributed by atoms with E-state index in [1.807, 2.05) is 26.8 Å². The zero-order valence-electron chi connectivity index (χ0n) is 12.6. The highest BCUT2D eigenvalue weighted by Gasteiger charge is 2.30. The van der Waals surface area contributed by atoms with Gasteiger partial charge in [0.2, 0.25) is 0 Å². The van der Waals surface area contributed by atoms with Gasteiger partial charge in [0.25, 0.3) is 0 Å². The molecule has 1 aromatic carbocycles. The van der Waals surface area contributed by atoms with Crippen LogP contribution in [0.2, 0.25) is 0 Å². The van der Waals surface area contributed by atoms with Gasteiger partial charge in [0.15, 0.2) is 0 Å². The van der Waals surface area contributed by atoms with E-state index < -0.39 is 5.60 Å². The molecule has 1 saturated heterocycles. The summed E-state index contributed by atoms with van der Waals surface area (Å²) in [6.07, 6.45) is 0.390. The van der Waals surface area contributed by atoms with Gasteiger partial charge in [0, 0.05) is 13.0 Å². The highest BCUT2D eigenvalue weighted by atomic mass is 16.6. The number of ether oxygens (including phenoxy) is 2. The van der Waals surface area contributed by atoms with Crippen molar-refractivity contribution in [1.82, 2.24) is 4.90 Å². The predicted octanol–water partition coefficient (Wildman–Crippen LogP) is 2.95. The molecule has 5 nitrogen and oxygen atoms in total. The molecule has 0 aromatic heterocycles. The highest BCUT2D eigenvalue weighted by molar-refractivity contribution is 5.68. The normalized spacial score (nSPS) is 18.2. The van der Waals surface area contributed by atoms with Crippen LogP contribution in [0.3, 0.4) is 0 Å². The van der Waals surface area contributed by atoms with Gasteiger partial charge < -0.3 is 14.4 Å². The molecular weight excluding hydrogens is 268 g/mol. The first kappa shape index (κ1) is 15.2. The van der Waals surface area contributed by atoms with Crippen LogP contribution in [-0.2, 0) is 4.74 Å². The number of hydrogen-bond acceptors (Lipinski definition) is 4. The lowest BCUT2D eigenvalue weighted by Gasteiger charge is -2.24. The van der Waals surface area contributed by atoms with Crippen molar-refractivity contribution in [2.45, 2.75) is 38.9 Å². The third-order valence-corrected chi connectivity index (χ3v) is 3.06. The van der Waals surface area contributed by atoms with Gasteiger partial charge in [-0.2, -0.15) is 5.26 Å². The van der Waals surface area contributed by atoms with E-state index in [9.17, 15) is 4.79 Å². The molecule has 0 bridgehead atoms. The standard InChI is InChI=1S/C16H20N2O3/c1-16(2,3)21-15(19)18-8-7-14(11-18)20-13-6-4-5-12(9-13)10-17/h4-6,9,14H,7-8,11H2,1-3H3/t14-/m0/s1. The summed E-state index contributed by atoms with van der Waals surface area (Å²) >= 11 is 0.